The second-order valence-corrected chi connectivity index (χ2v) is 4.91. The fourth-order valence-corrected chi connectivity index (χ4v) is 1.45. The number of hydrogen-bond acceptors (Lipinski definition) is 2. The Bertz CT molecular complexity index is 150. The number of nitrogens with one attached hydrogen (secondary N) is 1. The maximum Gasteiger partial charge on any atom is 0.0275 e. The van der Waals surface area contributed by atoms with E-state index in [-0.39, 0.29) is 5.54 Å². The molecule has 1 N–H and O–H groups in total. The van der Waals surface area contributed by atoms with Crippen LogP contribution in [-0.2, 0) is 0 Å². The Hall–Kier alpha value is -0.0800. The molecular formula is C9H20N2. The van der Waals surface area contributed by atoms with Gasteiger partial charge in [-0.25, -0.2) is 0 Å². The van der Waals surface area contributed by atoms with Crippen LogP contribution in [0.2, 0.25) is 0 Å². The summed E-state index contributed by atoms with van der Waals surface area (Å²) in [7, 11) is 2.20. The van der Waals surface area contributed by atoms with E-state index < -0.39 is 0 Å². The summed E-state index contributed by atoms with van der Waals surface area (Å²) in [5.74, 6) is 0. The molecule has 1 rings (SSSR count). The van der Waals surface area contributed by atoms with Crippen LogP contribution in [0.1, 0.15) is 27.7 Å². The van der Waals surface area contributed by atoms with Gasteiger partial charge in [-0.1, -0.05) is 0 Å². The van der Waals surface area contributed by atoms with Crippen LogP contribution >= 0.6 is 0 Å². The molecule has 0 unspecified atom stereocenters. The van der Waals surface area contributed by atoms with Gasteiger partial charge in [-0.3, -0.25) is 4.90 Å². The molecule has 0 radical (unpaired) electrons. The van der Waals surface area contributed by atoms with E-state index in [2.05, 4.69) is 45.0 Å². The zero-order valence-corrected chi connectivity index (χ0v) is 8.36. The first-order valence-corrected chi connectivity index (χ1v) is 4.30. The number of nitrogens with zero attached hydrogens (tertiary/aromatic N) is 1. The van der Waals surface area contributed by atoms with E-state index in [0.717, 1.165) is 13.1 Å². The van der Waals surface area contributed by atoms with Crippen LogP contribution in [0.15, 0.2) is 0 Å². The van der Waals surface area contributed by atoms with Crippen LogP contribution in [0.25, 0.3) is 0 Å². The smallest absolute Gasteiger partial charge is 0.0275 e. The van der Waals surface area contributed by atoms with Crippen molar-refractivity contribution in [1.29, 1.82) is 0 Å². The largest absolute Gasteiger partial charge is 0.309 e. The summed E-state index contributed by atoms with van der Waals surface area (Å²) < 4.78 is 0. The third-order valence-electron chi connectivity index (χ3n) is 2.67. The van der Waals surface area contributed by atoms with E-state index in [1.807, 2.05) is 0 Å². The quantitative estimate of drug-likeness (QED) is 0.564. The lowest BCUT2D eigenvalue weighted by molar-refractivity contribution is 0.0642. The van der Waals surface area contributed by atoms with Gasteiger partial charge in [0, 0.05) is 24.2 Å². The van der Waals surface area contributed by atoms with Crippen LogP contribution in [0.4, 0.5) is 0 Å². The molecule has 66 valence electrons. The van der Waals surface area contributed by atoms with E-state index in [9.17, 15) is 0 Å². The summed E-state index contributed by atoms with van der Waals surface area (Å²) in [6.07, 6.45) is 0. The third kappa shape index (κ3) is 1.94. The van der Waals surface area contributed by atoms with Crippen molar-refractivity contribution in [2.75, 3.05) is 20.1 Å². The van der Waals surface area contributed by atoms with Crippen LogP contribution in [0.3, 0.4) is 0 Å². The minimum absolute atomic E-state index is 0.282. The number of hydrogen-bond donors (Lipinski definition) is 1. The predicted octanol–water partition coefficient (Wildman–Crippen LogP) is 1.08. The molecule has 1 saturated heterocycles. The summed E-state index contributed by atoms with van der Waals surface area (Å²) in [5, 5.41) is 3.54. The van der Waals surface area contributed by atoms with Crippen molar-refractivity contribution in [3.05, 3.63) is 0 Å². The van der Waals surface area contributed by atoms with E-state index in [4.69, 9.17) is 0 Å². The maximum atomic E-state index is 3.54. The zero-order chi connectivity index (χ0) is 8.70. The Morgan fingerprint density at radius 2 is 1.73 bits per heavy atom. The molecule has 1 aliphatic rings. The average molecular weight is 156 g/mol. The average Bonchev–Trinajstić information content (AvgIpc) is 1.81. The molecule has 2 nitrogen and oxygen atoms in total. The summed E-state index contributed by atoms with van der Waals surface area (Å²) in [5.41, 5.74) is 0.597. The number of rotatable bonds is 0. The first kappa shape index (κ1) is 9.01. The summed E-state index contributed by atoms with van der Waals surface area (Å²) in [6, 6.07) is 0. The molecule has 0 spiro atoms. The van der Waals surface area contributed by atoms with Crippen molar-refractivity contribution in [2.45, 2.75) is 38.8 Å². The highest BCUT2D eigenvalue weighted by Gasteiger charge is 2.34. The van der Waals surface area contributed by atoms with E-state index in [0.29, 0.717) is 5.54 Å². The molecule has 0 amide bonds. The lowest BCUT2D eigenvalue weighted by atomic mass is 9.92. The Kier molecular flexibility index (Phi) is 2.01. The first-order chi connectivity index (χ1) is 4.83. The molecule has 2 heteroatoms. The van der Waals surface area contributed by atoms with Crippen LogP contribution in [0, 0.1) is 0 Å². The highest BCUT2D eigenvalue weighted by atomic mass is 15.3. The van der Waals surface area contributed by atoms with Gasteiger partial charge in [-0.05, 0) is 34.7 Å². The number of piperazine rings is 1. The van der Waals surface area contributed by atoms with Gasteiger partial charge < -0.3 is 5.32 Å². The van der Waals surface area contributed by atoms with Crippen molar-refractivity contribution >= 4 is 0 Å². The predicted molar refractivity (Wildman–Crippen MR) is 48.8 cm³/mol. The Morgan fingerprint density at radius 1 is 1.18 bits per heavy atom. The molecule has 0 aromatic carbocycles. The molecule has 1 heterocycles. The Morgan fingerprint density at radius 3 is 2.09 bits per heavy atom. The third-order valence-corrected chi connectivity index (χ3v) is 2.67. The summed E-state index contributed by atoms with van der Waals surface area (Å²) in [4.78, 5) is 2.42. The monoisotopic (exact) mass is 156 g/mol. The SMILES string of the molecule is CN1CC(C)(C)NCC1(C)C. The fourth-order valence-electron chi connectivity index (χ4n) is 1.45. The molecule has 0 aliphatic carbocycles. The van der Waals surface area contributed by atoms with Gasteiger partial charge in [-0.2, -0.15) is 0 Å². The number of likely N-dealkylation sites (N-methyl/N-ethyl adjacent to an activating group) is 1. The Balaban J connectivity index is 2.63. The maximum absolute atomic E-state index is 3.54. The van der Waals surface area contributed by atoms with Gasteiger partial charge in [0.1, 0.15) is 0 Å². The lowest BCUT2D eigenvalue weighted by Crippen LogP contribution is -2.64. The highest BCUT2D eigenvalue weighted by Crippen LogP contribution is 2.20. The second kappa shape index (κ2) is 2.46. The molecule has 11 heavy (non-hydrogen) atoms. The summed E-state index contributed by atoms with van der Waals surface area (Å²) >= 11 is 0. The molecular weight excluding hydrogens is 136 g/mol. The molecule has 0 atom stereocenters. The van der Waals surface area contributed by atoms with Gasteiger partial charge in [-0.15, -0.1) is 0 Å². The van der Waals surface area contributed by atoms with Crippen LogP contribution < -0.4 is 5.32 Å². The van der Waals surface area contributed by atoms with Crippen molar-refractivity contribution < 1.29 is 0 Å². The normalized spacial score (nSPS) is 30.3. The molecule has 1 fully saturated rings. The van der Waals surface area contributed by atoms with Gasteiger partial charge in [0.05, 0.1) is 0 Å². The minimum atomic E-state index is 0.282. The van der Waals surface area contributed by atoms with E-state index in [1.54, 1.807) is 0 Å². The molecule has 0 bridgehead atoms. The van der Waals surface area contributed by atoms with Gasteiger partial charge in [0.25, 0.3) is 0 Å². The van der Waals surface area contributed by atoms with E-state index in [1.165, 1.54) is 0 Å². The minimum Gasteiger partial charge on any atom is -0.309 e. The topological polar surface area (TPSA) is 15.3 Å². The zero-order valence-electron chi connectivity index (χ0n) is 8.36. The van der Waals surface area contributed by atoms with Gasteiger partial charge >= 0.3 is 0 Å². The first-order valence-electron chi connectivity index (χ1n) is 4.30. The standard InChI is InChI=1S/C9H20N2/c1-8(2)7-11(5)9(3,4)6-10-8/h10H,6-7H2,1-5H3. The van der Waals surface area contributed by atoms with Crippen molar-refractivity contribution in [1.82, 2.24) is 10.2 Å². The molecule has 1 aliphatic heterocycles. The van der Waals surface area contributed by atoms with Crippen molar-refractivity contribution in [3.63, 3.8) is 0 Å². The van der Waals surface area contributed by atoms with Crippen LogP contribution in [0.5, 0.6) is 0 Å². The summed E-state index contributed by atoms with van der Waals surface area (Å²) in [6.45, 7) is 11.2. The van der Waals surface area contributed by atoms with E-state index >= 15 is 0 Å². The Labute approximate surface area is 70.0 Å². The lowest BCUT2D eigenvalue weighted by Gasteiger charge is -2.47. The van der Waals surface area contributed by atoms with Gasteiger partial charge in [0.15, 0.2) is 0 Å². The van der Waals surface area contributed by atoms with Gasteiger partial charge in [0.2, 0.25) is 0 Å². The highest BCUT2D eigenvalue weighted by molar-refractivity contribution is 4.95. The molecule has 0 aromatic rings. The van der Waals surface area contributed by atoms with Crippen LogP contribution in [-0.4, -0.2) is 36.1 Å². The van der Waals surface area contributed by atoms with Crippen molar-refractivity contribution in [2.24, 2.45) is 0 Å². The molecule has 0 aromatic heterocycles. The fraction of sp³-hybridized carbons (Fsp3) is 1.00. The second-order valence-electron chi connectivity index (χ2n) is 4.91. The molecule has 0 saturated carbocycles. The van der Waals surface area contributed by atoms with Crippen molar-refractivity contribution in [3.8, 4) is 0 Å².